The second-order valence-corrected chi connectivity index (χ2v) is 10.1. The minimum atomic E-state index is -3.97. The molecule has 1 aromatic heterocycles. The number of carbonyl (C=O) groups excluding carboxylic acids is 1. The lowest BCUT2D eigenvalue weighted by atomic mass is 10.1. The Morgan fingerprint density at radius 1 is 0.919 bits per heavy atom. The summed E-state index contributed by atoms with van der Waals surface area (Å²) in [5, 5.41) is 2.89. The molecule has 4 aromatic rings. The third kappa shape index (κ3) is 5.36. The van der Waals surface area contributed by atoms with Gasteiger partial charge in [-0.15, -0.1) is 0 Å². The molecule has 1 amide bonds. The minimum Gasteiger partial charge on any atom is -0.475 e. The van der Waals surface area contributed by atoms with E-state index in [9.17, 15) is 13.2 Å². The molecule has 0 unspecified atom stereocenters. The molecule has 0 fully saturated rings. The Morgan fingerprint density at radius 3 is 2.43 bits per heavy atom. The van der Waals surface area contributed by atoms with Gasteiger partial charge in [0, 0.05) is 11.8 Å². The molecule has 0 aliphatic carbocycles. The van der Waals surface area contributed by atoms with Crippen LogP contribution in [0.3, 0.4) is 0 Å². The van der Waals surface area contributed by atoms with Crippen LogP contribution in [0.15, 0.2) is 101 Å². The van der Waals surface area contributed by atoms with Gasteiger partial charge < -0.3 is 10.1 Å². The van der Waals surface area contributed by atoms with Crippen LogP contribution in [-0.2, 0) is 14.8 Å². The van der Waals surface area contributed by atoms with Crippen LogP contribution in [0.1, 0.15) is 21.5 Å². The highest BCUT2D eigenvalue weighted by Gasteiger charge is 2.22. The van der Waals surface area contributed by atoms with Gasteiger partial charge in [-0.25, -0.2) is 13.4 Å². The molecule has 0 bridgehead atoms. The van der Waals surface area contributed by atoms with Crippen molar-refractivity contribution >= 4 is 33.2 Å². The number of aromatic nitrogens is 1. The summed E-state index contributed by atoms with van der Waals surface area (Å²) in [5.41, 5.74) is 3.69. The van der Waals surface area contributed by atoms with Crippen molar-refractivity contribution in [2.24, 2.45) is 4.99 Å². The van der Waals surface area contributed by atoms with Gasteiger partial charge in [-0.05, 0) is 55.5 Å². The fourth-order valence-corrected chi connectivity index (χ4v) is 4.98. The van der Waals surface area contributed by atoms with Gasteiger partial charge >= 0.3 is 0 Å². The lowest BCUT2D eigenvalue weighted by Gasteiger charge is -2.16. The molecule has 8 nitrogen and oxygen atoms in total. The molecule has 37 heavy (non-hydrogen) atoms. The van der Waals surface area contributed by atoms with Crippen molar-refractivity contribution in [1.82, 2.24) is 4.98 Å². The van der Waals surface area contributed by atoms with E-state index in [0.717, 1.165) is 5.56 Å². The van der Waals surface area contributed by atoms with E-state index in [-0.39, 0.29) is 16.1 Å². The number of pyridine rings is 1. The molecule has 9 heteroatoms. The molecule has 0 saturated heterocycles. The number of carbonyl (C=O) groups is 1. The standard InChI is InChI=1S/C28H24N4O4S/c1-19-9-12-21(13-10-19)37(34,35)32-26-18-20(24-7-4-5-15-29-24)11-14-22(26)27(33)31-25-8-3-2-6-23(25)28-30-16-17-36-28/h2-15,18,32H,16-17H2,1H3,(H,31,33). The average Bonchev–Trinajstić information content (AvgIpc) is 3.44. The van der Waals surface area contributed by atoms with E-state index < -0.39 is 15.9 Å². The smallest absolute Gasteiger partial charge is 0.261 e. The number of rotatable bonds is 7. The number of ether oxygens (including phenoxy) is 1. The van der Waals surface area contributed by atoms with Gasteiger partial charge in [0.05, 0.1) is 39.6 Å². The van der Waals surface area contributed by atoms with Crippen molar-refractivity contribution in [1.29, 1.82) is 0 Å². The molecule has 1 aliphatic heterocycles. The fraction of sp³-hybridized carbons (Fsp3) is 0.107. The second-order valence-electron chi connectivity index (χ2n) is 8.43. The van der Waals surface area contributed by atoms with E-state index in [1.807, 2.05) is 31.2 Å². The number of aliphatic imine (C=N–C) groups is 1. The molecular formula is C28H24N4O4S. The summed E-state index contributed by atoms with van der Waals surface area (Å²) in [4.78, 5) is 22.3. The monoisotopic (exact) mass is 512 g/mol. The zero-order valence-corrected chi connectivity index (χ0v) is 20.8. The van der Waals surface area contributed by atoms with Gasteiger partial charge in [0.2, 0.25) is 5.90 Å². The molecule has 5 rings (SSSR count). The van der Waals surface area contributed by atoms with Crippen LogP contribution < -0.4 is 10.0 Å². The summed E-state index contributed by atoms with van der Waals surface area (Å²) in [7, 11) is -3.97. The van der Waals surface area contributed by atoms with Gasteiger partial charge in [-0.3, -0.25) is 14.5 Å². The van der Waals surface area contributed by atoms with E-state index in [0.29, 0.717) is 41.6 Å². The topological polar surface area (TPSA) is 110 Å². The first-order valence-corrected chi connectivity index (χ1v) is 13.1. The predicted molar refractivity (Wildman–Crippen MR) is 143 cm³/mol. The molecule has 0 saturated carbocycles. The number of aryl methyl sites for hydroxylation is 1. The zero-order valence-electron chi connectivity index (χ0n) is 20.0. The van der Waals surface area contributed by atoms with Crippen LogP contribution in [0, 0.1) is 6.92 Å². The van der Waals surface area contributed by atoms with Crippen LogP contribution in [0.2, 0.25) is 0 Å². The minimum absolute atomic E-state index is 0.0921. The molecular weight excluding hydrogens is 488 g/mol. The molecule has 0 atom stereocenters. The third-order valence-corrected chi connectivity index (χ3v) is 7.17. The second kappa shape index (κ2) is 10.2. The van der Waals surface area contributed by atoms with Crippen molar-refractivity contribution in [3.05, 3.63) is 108 Å². The number of benzene rings is 3. The third-order valence-electron chi connectivity index (χ3n) is 5.79. The summed E-state index contributed by atoms with van der Waals surface area (Å²) >= 11 is 0. The van der Waals surface area contributed by atoms with Crippen LogP contribution in [0.4, 0.5) is 11.4 Å². The SMILES string of the molecule is Cc1ccc(S(=O)(=O)Nc2cc(-c3ccccn3)ccc2C(=O)Nc2ccccc2C2=NCCO2)cc1. The van der Waals surface area contributed by atoms with Gasteiger partial charge in [0.15, 0.2) is 0 Å². The molecule has 3 aromatic carbocycles. The van der Waals surface area contributed by atoms with Crippen LogP contribution in [-0.4, -0.2) is 38.4 Å². The highest BCUT2D eigenvalue weighted by atomic mass is 32.2. The lowest BCUT2D eigenvalue weighted by molar-refractivity contribution is 0.102. The molecule has 2 N–H and O–H groups in total. The Hall–Kier alpha value is -4.50. The van der Waals surface area contributed by atoms with Gasteiger partial charge in [0.1, 0.15) is 6.61 Å². The maximum absolute atomic E-state index is 13.5. The van der Waals surface area contributed by atoms with Gasteiger partial charge in [0.25, 0.3) is 15.9 Å². The summed E-state index contributed by atoms with van der Waals surface area (Å²) in [6, 6.07) is 24.0. The Balaban J connectivity index is 1.53. The number of hydrogen-bond donors (Lipinski definition) is 2. The highest BCUT2D eigenvalue weighted by molar-refractivity contribution is 7.92. The highest BCUT2D eigenvalue weighted by Crippen LogP contribution is 2.28. The first-order valence-electron chi connectivity index (χ1n) is 11.6. The van der Waals surface area contributed by atoms with E-state index in [1.54, 1.807) is 54.7 Å². The Kier molecular flexibility index (Phi) is 6.70. The summed E-state index contributed by atoms with van der Waals surface area (Å²) < 4.78 is 34.6. The summed E-state index contributed by atoms with van der Waals surface area (Å²) in [6.45, 7) is 2.91. The number of sulfonamides is 1. The number of nitrogens with zero attached hydrogens (tertiary/aromatic N) is 2. The number of nitrogens with one attached hydrogen (secondary N) is 2. The average molecular weight is 513 g/mol. The normalized spacial score (nSPS) is 12.9. The van der Waals surface area contributed by atoms with Gasteiger partial charge in [-0.1, -0.05) is 42.0 Å². The van der Waals surface area contributed by atoms with Crippen molar-refractivity contribution < 1.29 is 17.9 Å². The van der Waals surface area contributed by atoms with Gasteiger partial charge in [-0.2, -0.15) is 0 Å². The largest absolute Gasteiger partial charge is 0.475 e. The predicted octanol–water partition coefficient (Wildman–Crippen LogP) is 4.89. The number of amides is 1. The van der Waals surface area contributed by atoms with Crippen LogP contribution in [0.25, 0.3) is 11.3 Å². The molecule has 0 radical (unpaired) electrons. The van der Waals surface area contributed by atoms with E-state index in [4.69, 9.17) is 4.74 Å². The number of anilines is 2. The van der Waals surface area contributed by atoms with E-state index in [1.165, 1.54) is 12.1 Å². The lowest BCUT2D eigenvalue weighted by Crippen LogP contribution is -2.20. The maximum atomic E-state index is 13.5. The van der Waals surface area contributed by atoms with Crippen molar-refractivity contribution in [3.63, 3.8) is 0 Å². The first kappa shape index (κ1) is 24.2. The molecule has 1 aliphatic rings. The fourth-order valence-electron chi connectivity index (χ4n) is 3.91. The van der Waals surface area contributed by atoms with Crippen molar-refractivity contribution in [2.75, 3.05) is 23.2 Å². The zero-order chi connectivity index (χ0) is 25.8. The Morgan fingerprint density at radius 2 is 1.70 bits per heavy atom. The maximum Gasteiger partial charge on any atom is 0.261 e. The van der Waals surface area contributed by atoms with Crippen molar-refractivity contribution in [2.45, 2.75) is 11.8 Å². The summed E-state index contributed by atoms with van der Waals surface area (Å²) in [5.74, 6) is -0.0260. The van der Waals surface area contributed by atoms with E-state index in [2.05, 4.69) is 20.0 Å². The summed E-state index contributed by atoms with van der Waals surface area (Å²) in [6.07, 6.45) is 1.65. The molecule has 0 spiro atoms. The molecule has 186 valence electrons. The first-order chi connectivity index (χ1) is 17.9. The molecule has 2 heterocycles. The Labute approximate surface area is 215 Å². The quantitative estimate of drug-likeness (QED) is 0.367. The van der Waals surface area contributed by atoms with Crippen LogP contribution >= 0.6 is 0 Å². The number of para-hydroxylation sites is 1. The Bertz CT molecular complexity index is 1580. The van der Waals surface area contributed by atoms with Crippen LogP contribution in [0.5, 0.6) is 0 Å². The number of hydrogen-bond acceptors (Lipinski definition) is 6. The van der Waals surface area contributed by atoms with E-state index >= 15 is 0 Å². The van der Waals surface area contributed by atoms with Crippen molar-refractivity contribution in [3.8, 4) is 11.3 Å².